The van der Waals surface area contributed by atoms with Crippen molar-refractivity contribution in [2.45, 2.75) is 32.1 Å². The second-order valence-electron chi connectivity index (χ2n) is 7.61. The van der Waals surface area contributed by atoms with Crippen molar-refractivity contribution in [2.24, 2.45) is 5.10 Å². The van der Waals surface area contributed by atoms with Gasteiger partial charge in [-0.05, 0) is 68.3 Å². The lowest BCUT2D eigenvalue weighted by Crippen LogP contribution is -2.14. The average Bonchev–Trinajstić information content (AvgIpc) is 3.31. The molecule has 146 valence electrons. The molecule has 1 aliphatic heterocycles. The first-order valence-electron chi connectivity index (χ1n) is 9.91. The summed E-state index contributed by atoms with van der Waals surface area (Å²) in [5, 5.41) is 16.7. The van der Waals surface area contributed by atoms with Gasteiger partial charge in [-0.15, -0.1) is 0 Å². The Kier molecular flexibility index (Phi) is 4.35. The lowest BCUT2D eigenvalue weighted by Gasteiger charge is -2.14. The lowest BCUT2D eigenvalue weighted by atomic mass is 10.1. The van der Waals surface area contributed by atoms with Crippen LogP contribution in [0, 0.1) is 0 Å². The first-order chi connectivity index (χ1) is 14.2. The van der Waals surface area contributed by atoms with Gasteiger partial charge >= 0.3 is 0 Å². The Morgan fingerprint density at radius 2 is 1.86 bits per heavy atom. The van der Waals surface area contributed by atoms with Crippen molar-refractivity contribution in [1.29, 1.82) is 0 Å². The maximum atomic E-state index is 12.6. The van der Waals surface area contributed by atoms with E-state index in [0.29, 0.717) is 17.3 Å². The zero-order chi connectivity index (χ0) is 19.8. The fourth-order valence-corrected chi connectivity index (χ4v) is 3.39. The number of rotatable bonds is 5. The molecule has 7 heteroatoms. The normalized spacial score (nSPS) is 16.0. The van der Waals surface area contributed by atoms with E-state index < -0.39 is 0 Å². The third-order valence-corrected chi connectivity index (χ3v) is 5.27. The Balaban J connectivity index is 1.24. The van der Waals surface area contributed by atoms with Gasteiger partial charge in [0.15, 0.2) is 5.82 Å². The van der Waals surface area contributed by atoms with Crippen LogP contribution in [-0.4, -0.2) is 33.3 Å². The summed E-state index contributed by atoms with van der Waals surface area (Å²) < 4.78 is 0. The molecule has 1 fully saturated rings. The summed E-state index contributed by atoms with van der Waals surface area (Å²) in [5.74, 6) is 2.07. The smallest absolute Gasteiger partial charge is 0.255 e. The molecule has 1 aromatic heterocycles. The highest BCUT2D eigenvalue weighted by atomic mass is 16.1. The summed E-state index contributed by atoms with van der Waals surface area (Å²) >= 11 is 0. The number of carbonyl (C=O) groups is 1. The quantitative estimate of drug-likeness (QED) is 0.688. The van der Waals surface area contributed by atoms with Crippen LogP contribution in [0.4, 0.5) is 11.4 Å². The SMILES string of the molecule is CC1=NN(c2ccc(C(=O)Nc3ccc(-c4n[nH]c(C5CC5)n4)cc3)cc2)CC1. The Bertz CT molecular complexity index is 1060. The molecule has 5 rings (SSSR count). The number of nitrogens with one attached hydrogen (secondary N) is 2. The molecule has 1 aliphatic carbocycles. The predicted octanol–water partition coefficient (Wildman–Crippen LogP) is 4.19. The van der Waals surface area contributed by atoms with Gasteiger partial charge in [0.05, 0.1) is 5.69 Å². The summed E-state index contributed by atoms with van der Waals surface area (Å²) in [6, 6.07) is 15.1. The Morgan fingerprint density at radius 1 is 1.10 bits per heavy atom. The zero-order valence-electron chi connectivity index (χ0n) is 16.2. The van der Waals surface area contributed by atoms with Crippen LogP contribution in [0.15, 0.2) is 53.6 Å². The number of hydrogen-bond donors (Lipinski definition) is 2. The van der Waals surface area contributed by atoms with Gasteiger partial charge in [0.25, 0.3) is 5.91 Å². The molecule has 0 spiro atoms. The fraction of sp³-hybridized carbons (Fsp3) is 0.273. The highest BCUT2D eigenvalue weighted by Gasteiger charge is 2.27. The van der Waals surface area contributed by atoms with Crippen molar-refractivity contribution in [3.63, 3.8) is 0 Å². The van der Waals surface area contributed by atoms with E-state index in [-0.39, 0.29) is 5.91 Å². The molecule has 0 saturated heterocycles. The molecule has 2 heterocycles. The molecule has 3 aromatic rings. The third-order valence-electron chi connectivity index (χ3n) is 5.27. The molecule has 1 amide bonds. The standard InChI is InChI=1S/C22H22N6O/c1-14-12-13-28(27-14)19-10-6-17(7-11-19)22(29)23-18-8-4-16(5-9-18)21-24-20(25-26-21)15-2-3-15/h4-11,15H,2-3,12-13H2,1H3,(H,23,29)(H,24,25,26). The molecule has 0 radical (unpaired) electrons. The van der Waals surface area contributed by atoms with Gasteiger partial charge in [0.2, 0.25) is 0 Å². The van der Waals surface area contributed by atoms with Crippen LogP contribution in [0.2, 0.25) is 0 Å². The monoisotopic (exact) mass is 386 g/mol. The topological polar surface area (TPSA) is 86.3 Å². The molecule has 0 bridgehead atoms. The Labute approximate surface area is 168 Å². The molecule has 0 unspecified atom stereocenters. The first-order valence-corrected chi connectivity index (χ1v) is 9.91. The molecule has 2 aromatic carbocycles. The average molecular weight is 386 g/mol. The van der Waals surface area contributed by atoms with Gasteiger partial charge in [-0.3, -0.25) is 14.9 Å². The van der Waals surface area contributed by atoms with E-state index in [2.05, 4.69) is 25.6 Å². The molecule has 7 nitrogen and oxygen atoms in total. The molecule has 0 atom stereocenters. The number of amides is 1. The second kappa shape index (κ2) is 7.16. The van der Waals surface area contributed by atoms with Crippen molar-refractivity contribution in [1.82, 2.24) is 15.2 Å². The summed E-state index contributed by atoms with van der Waals surface area (Å²) in [6.45, 7) is 2.91. The van der Waals surface area contributed by atoms with Crippen LogP contribution >= 0.6 is 0 Å². The number of anilines is 2. The van der Waals surface area contributed by atoms with Crippen LogP contribution < -0.4 is 10.3 Å². The molecular formula is C22H22N6O. The minimum atomic E-state index is -0.140. The van der Waals surface area contributed by atoms with Crippen molar-refractivity contribution in [2.75, 3.05) is 16.9 Å². The van der Waals surface area contributed by atoms with E-state index in [1.54, 1.807) is 0 Å². The van der Waals surface area contributed by atoms with E-state index in [1.807, 2.05) is 60.5 Å². The lowest BCUT2D eigenvalue weighted by molar-refractivity contribution is 0.102. The summed E-state index contributed by atoms with van der Waals surface area (Å²) in [5.41, 5.74) is 4.40. The van der Waals surface area contributed by atoms with Gasteiger partial charge in [-0.2, -0.15) is 10.2 Å². The van der Waals surface area contributed by atoms with E-state index in [0.717, 1.165) is 41.4 Å². The number of aromatic nitrogens is 3. The number of nitrogens with zero attached hydrogens (tertiary/aromatic N) is 4. The number of H-pyrrole nitrogens is 1. The Hall–Kier alpha value is -3.48. The highest BCUT2D eigenvalue weighted by molar-refractivity contribution is 6.04. The molecule has 2 aliphatic rings. The van der Waals surface area contributed by atoms with E-state index in [4.69, 9.17) is 0 Å². The van der Waals surface area contributed by atoms with Crippen molar-refractivity contribution >= 4 is 23.0 Å². The largest absolute Gasteiger partial charge is 0.322 e. The van der Waals surface area contributed by atoms with Crippen LogP contribution in [0.5, 0.6) is 0 Å². The van der Waals surface area contributed by atoms with E-state index in [9.17, 15) is 4.79 Å². The number of hydrazone groups is 1. The maximum absolute atomic E-state index is 12.6. The number of hydrogen-bond acceptors (Lipinski definition) is 5. The van der Waals surface area contributed by atoms with E-state index >= 15 is 0 Å². The van der Waals surface area contributed by atoms with Gasteiger partial charge in [0.1, 0.15) is 5.82 Å². The number of benzene rings is 2. The van der Waals surface area contributed by atoms with Gasteiger partial charge in [0, 0.05) is 41.4 Å². The fourth-order valence-electron chi connectivity index (χ4n) is 3.39. The second-order valence-corrected chi connectivity index (χ2v) is 7.61. The van der Waals surface area contributed by atoms with Crippen molar-refractivity contribution in [3.05, 3.63) is 59.9 Å². The van der Waals surface area contributed by atoms with Crippen LogP contribution in [0.1, 0.15) is 48.3 Å². The molecule has 1 saturated carbocycles. The predicted molar refractivity (Wildman–Crippen MR) is 113 cm³/mol. The van der Waals surface area contributed by atoms with Crippen molar-refractivity contribution in [3.8, 4) is 11.4 Å². The first kappa shape index (κ1) is 17.6. The maximum Gasteiger partial charge on any atom is 0.255 e. The van der Waals surface area contributed by atoms with Crippen molar-refractivity contribution < 1.29 is 4.79 Å². The zero-order valence-corrected chi connectivity index (χ0v) is 16.2. The summed E-state index contributed by atoms with van der Waals surface area (Å²) in [6.07, 6.45) is 3.35. The molecular weight excluding hydrogens is 364 g/mol. The van der Waals surface area contributed by atoms with Gasteiger partial charge in [-0.25, -0.2) is 4.98 Å². The van der Waals surface area contributed by atoms with E-state index in [1.165, 1.54) is 12.8 Å². The summed E-state index contributed by atoms with van der Waals surface area (Å²) in [7, 11) is 0. The minimum Gasteiger partial charge on any atom is -0.322 e. The third kappa shape index (κ3) is 3.76. The number of carbonyl (C=O) groups excluding carboxylic acids is 1. The molecule has 29 heavy (non-hydrogen) atoms. The highest BCUT2D eigenvalue weighted by Crippen LogP contribution is 2.38. The number of aromatic amines is 1. The summed E-state index contributed by atoms with van der Waals surface area (Å²) in [4.78, 5) is 17.1. The van der Waals surface area contributed by atoms with Crippen LogP contribution in [-0.2, 0) is 0 Å². The van der Waals surface area contributed by atoms with Crippen LogP contribution in [0.25, 0.3) is 11.4 Å². The van der Waals surface area contributed by atoms with Gasteiger partial charge < -0.3 is 5.32 Å². The Morgan fingerprint density at radius 3 is 2.52 bits per heavy atom. The molecule has 2 N–H and O–H groups in total. The minimum absolute atomic E-state index is 0.140. The van der Waals surface area contributed by atoms with Gasteiger partial charge in [-0.1, -0.05) is 0 Å². The van der Waals surface area contributed by atoms with Crippen LogP contribution in [0.3, 0.4) is 0 Å².